The Hall–Kier alpha value is -1.07. The molecule has 1 saturated carbocycles. The molecule has 1 saturated heterocycles. The van der Waals surface area contributed by atoms with Gasteiger partial charge in [-0.05, 0) is 31.9 Å². The van der Waals surface area contributed by atoms with Crippen molar-refractivity contribution in [1.82, 2.24) is 10.2 Å². The SMILES string of the molecule is CC(NC(=O)C1CC(=O)N(C2CC2)C1)c1ccc(Cl)s1. The number of hydrogen-bond donors (Lipinski definition) is 1. The molecule has 4 nitrogen and oxygen atoms in total. The van der Waals surface area contributed by atoms with Crippen LogP contribution in [0.2, 0.25) is 4.34 Å². The van der Waals surface area contributed by atoms with Gasteiger partial charge < -0.3 is 10.2 Å². The van der Waals surface area contributed by atoms with E-state index in [1.165, 1.54) is 11.3 Å². The van der Waals surface area contributed by atoms with Crippen molar-refractivity contribution in [2.45, 2.75) is 38.3 Å². The maximum absolute atomic E-state index is 12.3. The highest BCUT2D eigenvalue weighted by molar-refractivity contribution is 7.16. The zero-order chi connectivity index (χ0) is 14.3. The van der Waals surface area contributed by atoms with Crippen LogP contribution >= 0.6 is 22.9 Å². The molecule has 2 atom stereocenters. The lowest BCUT2D eigenvalue weighted by atomic mass is 10.1. The quantitative estimate of drug-likeness (QED) is 0.929. The summed E-state index contributed by atoms with van der Waals surface area (Å²) < 4.78 is 0.719. The molecule has 20 heavy (non-hydrogen) atoms. The summed E-state index contributed by atoms with van der Waals surface area (Å²) in [6, 6.07) is 4.09. The molecule has 108 valence electrons. The third kappa shape index (κ3) is 2.83. The number of nitrogens with zero attached hydrogens (tertiary/aromatic N) is 1. The first-order valence-corrected chi connectivity index (χ1v) is 8.09. The maximum Gasteiger partial charge on any atom is 0.225 e. The van der Waals surface area contributed by atoms with Crippen LogP contribution in [0.15, 0.2) is 12.1 Å². The molecule has 1 aliphatic heterocycles. The molecule has 1 N–H and O–H groups in total. The molecule has 0 bridgehead atoms. The average Bonchev–Trinajstić information content (AvgIpc) is 3.03. The smallest absolute Gasteiger partial charge is 0.225 e. The van der Waals surface area contributed by atoms with E-state index in [4.69, 9.17) is 11.6 Å². The first-order chi connectivity index (χ1) is 9.54. The van der Waals surface area contributed by atoms with E-state index in [1.807, 2.05) is 24.0 Å². The topological polar surface area (TPSA) is 49.4 Å². The Labute approximate surface area is 127 Å². The van der Waals surface area contributed by atoms with Crippen LogP contribution in [0.4, 0.5) is 0 Å². The third-order valence-electron chi connectivity index (χ3n) is 3.90. The van der Waals surface area contributed by atoms with Crippen molar-refractivity contribution in [1.29, 1.82) is 0 Å². The minimum Gasteiger partial charge on any atom is -0.348 e. The lowest BCUT2D eigenvalue weighted by molar-refractivity contribution is -0.129. The highest BCUT2D eigenvalue weighted by Crippen LogP contribution is 2.33. The molecule has 3 rings (SSSR count). The number of thiophene rings is 1. The van der Waals surface area contributed by atoms with Crippen molar-refractivity contribution >= 4 is 34.8 Å². The van der Waals surface area contributed by atoms with Gasteiger partial charge in [0.1, 0.15) is 0 Å². The molecule has 6 heteroatoms. The molecule has 0 spiro atoms. The molecule has 2 aliphatic rings. The summed E-state index contributed by atoms with van der Waals surface area (Å²) in [5.74, 6) is -0.112. The van der Waals surface area contributed by atoms with E-state index in [-0.39, 0.29) is 23.8 Å². The Morgan fingerprint density at radius 3 is 2.85 bits per heavy atom. The summed E-state index contributed by atoms with van der Waals surface area (Å²) in [5, 5.41) is 2.99. The fraction of sp³-hybridized carbons (Fsp3) is 0.571. The summed E-state index contributed by atoms with van der Waals surface area (Å²) >= 11 is 7.37. The van der Waals surface area contributed by atoms with Crippen LogP contribution in [-0.2, 0) is 9.59 Å². The van der Waals surface area contributed by atoms with Gasteiger partial charge in [-0.1, -0.05) is 11.6 Å². The summed E-state index contributed by atoms with van der Waals surface area (Å²) in [6.07, 6.45) is 2.52. The highest BCUT2D eigenvalue weighted by atomic mass is 35.5. The lowest BCUT2D eigenvalue weighted by Gasteiger charge is -2.17. The fourth-order valence-electron chi connectivity index (χ4n) is 2.61. The summed E-state index contributed by atoms with van der Waals surface area (Å²) in [4.78, 5) is 27.0. The minimum absolute atomic E-state index is 0.0291. The number of carbonyl (C=O) groups is 2. The Kier molecular flexibility index (Phi) is 3.73. The number of nitrogens with one attached hydrogen (secondary N) is 1. The minimum atomic E-state index is -0.207. The van der Waals surface area contributed by atoms with Crippen LogP contribution < -0.4 is 5.32 Å². The van der Waals surface area contributed by atoms with Gasteiger partial charge in [0.2, 0.25) is 11.8 Å². The van der Waals surface area contributed by atoms with Crippen molar-refractivity contribution in [3.63, 3.8) is 0 Å². The monoisotopic (exact) mass is 312 g/mol. The largest absolute Gasteiger partial charge is 0.348 e. The number of hydrogen-bond acceptors (Lipinski definition) is 3. The van der Waals surface area contributed by atoms with Crippen LogP contribution in [0.3, 0.4) is 0 Å². The Morgan fingerprint density at radius 2 is 2.25 bits per heavy atom. The maximum atomic E-state index is 12.3. The molecule has 0 aromatic carbocycles. The number of amides is 2. The van der Waals surface area contributed by atoms with Crippen molar-refractivity contribution < 1.29 is 9.59 Å². The van der Waals surface area contributed by atoms with Gasteiger partial charge in [-0.25, -0.2) is 0 Å². The molecule has 2 amide bonds. The van der Waals surface area contributed by atoms with Crippen molar-refractivity contribution in [2.75, 3.05) is 6.54 Å². The van der Waals surface area contributed by atoms with Crippen LogP contribution in [0, 0.1) is 5.92 Å². The van der Waals surface area contributed by atoms with Crippen molar-refractivity contribution in [3.05, 3.63) is 21.3 Å². The number of carbonyl (C=O) groups excluding carboxylic acids is 2. The van der Waals surface area contributed by atoms with Gasteiger partial charge >= 0.3 is 0 Å². The zero-order valence-electron chi connectivity index (χ0n) is 11.3. The molecule has 0 radical (unpaired) electrons. The summed E-state index contributed by atoms with van der Waals surface area (Å²) in [6.45, 7) is 2.52. The second-order valence-electron chi connectivity index (χ2n) is 5.55. The highest BCUT2D eigenvalue weighted by Gasteiger charge is 2.41. The first-order valence-electron chi connectivity index (χ1n) is 6.89. The predicted molar refractivity (Wildman–Crippen MR) is 78.7 cm³/mol. The molecule has 1 aromatic heterocycles. The van der Waals surface area contributed by atoms with Crippen molar-refractivity contribution in [2.24, 2.45) is 5.92 Å². The molecular weight excluding hydrogens is 296 g/mol. The molecule has 2 unspecified atom stereocenters. The van der Waals surface area contributed by atoms with E-state index in [1.54, 1.807) is 0 Å². The number of rotatable bonds is 4. The molecule has 2 heterocycles. The number of likely N-dealkylation sites (tertiary alicyclic amines) is 1. The molecule has 2 fully saturated rings. The zero-order valence-corrected chi connectivity index (χ0v) is 12.8. The lowest BCUT2D eigenvalue weighted by Crippen LogP contribution is -2.34. The first kappa shape index (κ1) is 13.9. The van der Waals surface area contributed by atoms with E-state index < -0.39 is 0 Å². The Balaban J connectivity index is 1.58. The van der Waals surface area contributed by atoms with Gasteiger partial charge in [-0.3, -0.25) is 9.59 Å². The third-order valence-corrected chi connectivity index (χ3v) is 5.31. The van der Waals surface area contributed by atoms with Crippen LogP contribution in [-0.4, -0.2) is 29.3 Å². The Bertz CT molecular complexity index is 541. The van der Waals surface area contributed by atoms with Gasteiger partial charge in [-0.15, -0.1) is 11.3 Å². The van der Waals surface area contributed by atoms with Crippen LogP contribution in [0.5, 0.6) is 0 Å². The van der Waals surface area contributed by atoms with E-state index in [0.717, 1.165) is 22.1 Å². The molecule has 1 aromatic rings. The van der Waals surface area contributed by atoms with Gasteiger partial charge in [0.25, 0.3) is 0 Å². The van der Waals surface area contributed by atoms with E-state index >= 15 is 0 Å². The van der Waals surface area contributed by atoms with Crippen LogP contribution in [0.25, 0.3) is 0 Å². The van der Waals surface area contributed by atoms with Gasteiger partial charge in [0.05, 0.1) is 16.3 Å². The summed E-state index contributed by atoms with van der Waals surface area (Å²) in [7, 11) is 0. The van der Waals surface area contributed by atoms with E-state index in [9.17, 15) is 9.59 Å². The number of halogens is 1. The summed E-state index contributed by atoms with van der Waals surface area (Å²) in [5.41, 5.74) is 0. The van der Waals surface area contributed by atoms with Gasteiger partial charge in [0.15, 0.2) is 0 Å². The fourth-order valence-corrected chi connectivity index (χ4v) is 3.67. The van der Waals surface area contributed by atoms with E-state index in [0.29, 0.717) is 19.0 Å². The molecule has 1 aliphatic carbocycles. The van der Waals surface area contributed by atoms with Gasteiger partial charge in [0, 0.05) is 23.9 Å². The van der Waals surface area contributed by atoms with E-state index in [2.05, 4.69) is 5.32 Å². The normalized spacial score (nSPS) is 24.0. The van der Waals surface area contributed by atoms with Gasteiger partial charge in [-0.2, -0.15) is 0 Å². The standard InChI is InChI=1S/C14H17ClN2O2S/c1-8(11-4-5-12(15)20-11)16-14(19)9-6-13(18)17(7-9)10-2-3-10/h4-5,8-10H,2-3,6-7H2,1H3,(H,16,19). The second-order valence-corrected chi connectivity index (χ2v) is 7.30. The van der Waals surface area contributed by atoms with Crippen LogP contribution in [0.1, 0.15) is 37.1 Å². The molecular formula is C14H17ClN2O2S. The average molecular weight is 313 g/mol. The van der Waals surface area contributed by atoms with Crippen molar-refractivity contribution in [3.8, 4) is 0 Å². The predicted octanol–water partition coefficient (Wildman–Crippen LogP) is 2.59. The second kappa shape index (κ2) is 5.37. The Morgan fingerprint density at radius 1 is 1.50 bits per heavy atom.